The van der Waals surface area contributed by atoms with Crippen molar-refractivity contribution in [2.75, 3.05) is 6.61 Å². The number of hydrogen-bond acceptors (Lipinski definition) is 5. The predicted molar refractivity (Wildman–Crippen MR) is 124 cm³/mol. The SMILES string of the molecule is Cc1ccc(Cn2c3nc4ccccc4nc3c3c(=O)n(C[C@H]4CCCO4)cnc32)cc1. The van der Waals surface area contributed by atoms with Gasteiger partial charge in [-0.3, -0.25) is 9.36 Å². The second-order valence-electron chi connectivity index (χ2n) is 8.49. The molecule has 0 N–H and O–H groups in total. The van der Waals surface area contributed by atoms with E-state index in [9.17, 15) is 4.79 Å². The molecule has 0 amide bonds. The van der Waals surface area contributed by atoms with E-state index in [1.807, 2.05) is 28.8 Å². The normalized spacial score (nSPS) is 16.5. The lowest BCUT2D eigenvalue weighted by Crippen LogP contribution is -2.26. The van der Waals surface area contributed by atoms with Gasteiger partial charge in [0.1, 0.15) is 10.9 Å². The summed E-state index contributed by atoms with van der Waals surface area (Å²) in [7, 11) is 0. The summed E-state index contributed by atoms with van der Waals surface area (Å²) in [6.45, 7) is 3.89. The minimum absolute atomic E-state index is 0.0553. The third-order valence-electron chi connectivity index (χ3n) is 6.20. The minimum atomic E-state index is -0.0947. The Morgan fingerprint density at radius 2 is 1.81 bits per heavy atom. The van der Waals surface area contributed by atoms with Crippen LogP contribution in [0.5, 0.6) is 0 Å². The summed E-state index contributed by atoms with van der Waals surface area (Å²) in [5.41, 5.74) is 5.69. The van der Waals surface area contributed by atoms with E-state index in [1.54, 1.807) is 10.9 Å². The number of para-hydroxylation sites is 2. The molecular formula is C25H23N5O2. The van der Waals surface area contributed by atoms with E-state index in [1.165, 1.54) is 5.56 Å². The van der Waals surface area contributed by atoms with Crippen LogP contribution < -0.4 is 5.56 Å². The molecule has 7 heteroatoms. The van der Waals surface area contributed by atoms with Crippen LogP contribution >= 0.6 is 0 Å². The highest BCUT2D eigenvalue weighted by Crippen LogP contribution is 2.26. The standard InChI is InChI=1S/C25H23N5O2/c1-16-8-10-17(11-9-16)13-30-23-21(22-24(30)28-20-7-3-2-6-19(20)27-22)25(31)29(15-26-23)14-18-5-4-12-32-18/h2-3,6-11,15,18H,4-5,12-14H2,1H3/t18-/m1/s1. The summed E-state index contributed by atoms with van der Waals surface area (Å²) in [5.74, 6) is 0. The first-order valence-corrected chi connectivity index (χ1v) is 11.0. The molecule has 4 heterocycles. The molecule has 1 fully saturated rings. The van der Waals surface area contributed by atoms with Gasteiger partial charge in [-0.2, -0.15) is 0 Å². The van der Waals surface area contributed by atoms with Crippen LogP contribution in [-0.2, 0) is 17.8 Å². The molecular weight excluding hydrogens is 402 g/mol. The Morgan fingerprint density at radius 1 is 1.03 bits per heavy atom. The summed E-state index contributed by atoms with van der Waals surface area (Å²) in [6.07, 6.45) is 3.68. The molecule has 1 atom stereocenters. The number of nitrogens with zero attached hydrogens (tertiary/aromatic N) is 5. The monoisotopic (exact) mass is 425 g/mol. The summed E-state index contributed by atoms with van der Waals surface area (Å²) in [6, 6.07) is 16.1. The maximum absolute atomic E-state index is 13.6. The van der Waals surface area contributed by atoms with Gasteiger partial charge in [-0.15, -0.1) is 0 Å². The molecule has 1 aliphatic heterocycles. The van der Waals surface area contributed by atoms with Crippen molar-refractivity contribution in [2.45, 2.75) is 39.0 Å². The van der Waals surface area contributed by atoms with Gasteiger partial charge in [0.2, 0.25) is 0 Å². The third-order valence-corrected chi connectivity index (χ3v) is 6.20. The quantitative estimate of drug-likeness (QED) is 0.437. The smallest absolute Gasteiger partial charge is 0.265 e. The number of rotatable bonds is 4. The first-order valence-electron chi connectivity index (χ1n) is 11.0. The van der Waals surface area contributed by atoms with Crippen molar-refractivity contribution in [3.05, 3.63) is 76.3 Å². The molecule has 0 unspecified atom stereocenters. The van der Waals surface area contributed by atoms with Crippen LogP contribution in [0.15, 0.2) is 59.7 Å². The Labute approximate surface area is 184 Å². The zero-order chi connectivity index (χ0) is 21.7. The molecule has 3 aromatic heterocycles. The molecule has 7 nitrogen and oxygen atoms in total. The average Bonchev–Trinajstić information content (AvgIpc) is 3.42. The van der Waals surface area contributed by atoms with Gasteiger partial charge >= 0.3 is 0 Å². The molecule has 32 heavy (non-hydrogen) atoms. The number of benzene rings is 2. The van der Waals surface area contributed by atoms with E-state index in [2.05, 4.69) is 31.2 Å². The van der Waals surface area contributed by atoms with Gasteiger partial charge in [0.15, 0.2) is 11.3 Å². The van der Waals surface area contributed by atoms with Gasteiger partial charge in [0.05, 0.1) is 36.6 Å². The zero-order valence-corrected chi connectivity index (χ0v) is 17.9. The molecule has 0 aliphatic carbocycles. The van der Waals surface area contributed by atoms with Crippen molar-refractivity contribution in [3.63, 3.8) is 0 Å². The number of aromatic nitrogens is 5. The van der Waals surface area contributed by atoms with E-state index >= 15 is 0 Å². The first-order chi connectivity index (χ1) is 15.7. The summed E-state index contributed by atoms with van der Waals surface area (Å²) >= 11 is 0. The Hall–Kier alpha value is -3.58. The maximum Gasteiger partial charge on any atom is 0.265 e. The molecule has 0 bridgehead atoms. The number of fused-ring (bicyclic) bond motifs is 4. The highest BCUT2D eigenvalue weighted by atomic mass is 16.5. The van der Waals surface area contributed by atoms with E-state index in [0.29, 0.717) is 35.3 Å². The van der Waals surface area contributed by atoms with Crippen molar-refractivity contribution < 1.29 is 4.74 Å². The van der Waals surface area contributed by atoms with E-state index in [-0.39, 0.29) is 11.7 Å². The van der Waals surface area contributed by atoms with Crippen LogP contribution in [0.1, 0.15) is 24.0 Å². The Balaban J connectivity index is 1.59. The van der Waals surface area contributed by atoms with Crippen molar-refractivity contribution in [3.8, 4) is 0 Å². The van der Waals surface area contributed by atoms with E-state index < -0.39 is 0 Å². The second kappa shape index (κ2) is 7.53. The average molecular weight is 425 g/mol. The first kappa shape index (κ1) is 19.1. The molecule has 0 saturated carbocycles. The van der Waals surface area contributed by atoms with Crippen LogP contribution in [0.3, 0.4) is 0 Å². The lowest BCUT2D eigenvalue weighted by molar-refractivity contribution is 0.0960. The fourth-order valence-electron chi connectivity index (χ4n) is 4.50. The third kappa shape index (κ3) is 3.17. The van der Waals surface area contributed by atoms with E-state index in [4.69, 9.17) is 19.7 Å². The predicted octanol–water partition coefficient (Wildman–Crippen LogP) is 3.83. The van der Waals surface area contributed by atoms with E-state index in [0.717, 1.165) is 36.0 Å². The number of hydrogen-bond donors (Lipinski definition) is 0. The second-order valence-corrected chi connectivity index (χ2v) is 8.49. The highest BCUT2D eigenvalue weighted by molar-refractivity contribution is 6.04. The van der Waals surface area contributed by atoms with Crippen LogP contribution in [-0.4, -0.2) is 36.8 Å². The summed E-state index contributed by atoms with van der Waals surface area (Å²) < 4.78 is 9.41. The van der Waals surface area contributed by atoms with Gasteiger partial charge in [-0.05, 0) is 37.5 Å². The summed E-state index contributed by atoms with van der Waals surface area (Å²) in [4.78, 5) is 28.0. The molecule has 1 saturated heterocycles. The largest absolute Gasteiger partial charge is 0.376 e. The molecule has 0 radical (unpaired) electrons. The van der Waals surface area contributed by atoms with Gasteiger partial charge < -0.3 is 9.30 Å². The fraction of sp³-hybridized carbons (Fsp3) is 0.280. The molecule has 6 rings (SSSR count). The maximum atomic E-state index is 13.6. The molecule has 2 aromatic carbocycles. The van der Waals surface area contributed by atoms with Crippen molar-refractivity contribution in [2.24, 2.45) is 0 Å². The number of ether oxygens (including phenoxy) is 1. The van der Waals surface area contributed by atoms with Crippen LogP contribution in [0.2, 0.25) is 0 Å². The van der Waals surface area contributed by atoms with Crippen LogP contribution in [0.25, 0.3) is 33.2 Å². The van der Waals surface area contributed by atoms with Crippen molar-refractivity contribution in [1.82, 2.24) is 24.1 Å². The Bertz CT molecular complexity index is 1510. The minimum Gasteiger partial charge on any atom is -0.376 e. The fourth-order valence-corrected chi connectivity index (χ4v) is 4.50. The zero-order valence-electron chi connectivity index (χ0n) is 17.9. The molecule has 160 valence electrons. The Kier molecular flexibility index (Phi) is 4.50. The number of aryl methyl sites for hydroxylation is 1. The van der Waals surface area contributed by atoms with Crippen LogP contribution in [0.4, 0.5) is 0 Å². The molecule has 0 spiro atoms. The lowest BCUT2D eigenvalue weighted by atomic mass is 10.1. The topological polar surface area (TPSA) is 74.8 Å². The molecule has 5 aromatic rings. The van der Waals surface area contributed by atoms with Crippen molar-refractivity contribution in [1.29, 1.82) is 0 Å². The molecule has 1 aliphatic rings. The van der Waals surface area contributed by atoms with Gasteiger partial charge in [0, 0.05) is 6.61 Å². The van der Waals surface area contributed by atoms with Gasteiger partial charge in [-0.1, -0.05) is 42.0 Å². The van der Waals surface area contributed by atoms with Crippen LogP contribution in [0, 0.1) is 6.92 Å². The lowest BCUT2D eigenvalue weighted by Gasteiger charge is -2.11. The van der Waals surface area contributed by atoms with Crippen molar-refractivity contribution >= 4 is 33.2 Å². The highest BCUT2D eigenvalue weighted by Gasteiger charge is 2.22. The Morgan fingerprint density at radius 3 is 2.56 bits per heavy atom. The summed E-state index contributed by atoms with van der Waals surface area (Å²) in [5, 5.41) is 0.519. The van der Waals surface area contributed by atoms with Gasteiger partial charge in [0.25, 0.3) is 5.56 Å². The van der Waals surface area contributed by atoms with Gasteiger partial charge in [-0.25, -0.2) is 15.0 Å².